The van der Waals surface area contributed by atoms with Crippen molar-refractivity contribution in [3.63, 3.8) is 0 Å². The number of aromatic nitrogens is 2. The van der Waals surface area contributed by atoms with Gasteiger partial charge in [0.25, 0.3) is 0 Å². The lowest BCUT2D eigenvalue weighted by atomic mass is 10.3. The number of rotatable bonds is 3. The van der Waals surface area contributed by atoms with E-state index in [4.69, 9.17) is 0 Å². The Bertz CT molecular complexity index is 659. The van der Waals surface area contributed by atoms with Crippen LogP contribution in [0.15, 0.2) is 41.7 Å². The van der Waals surface area contributed by atoms with Gasteiger partial charge in [-0.1, -0.05) is 0 Å². The second-order valence-electron chi connectivity index (χ2n) is 3.63. The van der Waals surface area contributed by atoms with Gasteiger partial charge in [-0.05, 0) is 24.3 Å². The number of nitrogens with one attached hydrogen (secondary N) is 1. The van der Waals surface area contributed by atoms with Crippen molar-refractivity contribution in [2.75, 3.05) is 11.6 Å². The molecule has 0 bridgehead atoms. The van der Waals surface area contributed by atoms with Crippen LogP contribution in [-0.2, 0) is 9.84 Å². The van der Waals surface area contributed by atoms with Crippen molar-refractivity contribution in [2.45, 2.75) is 4.90 Å². The van der Waals surface area contributed by atoms with Crippen molar-refractivity contribution in [1.29, 1.82) is 0 Å². The SMILES string of the molecule is CS(=O)(=O)c1ccc(Nc2ccncn2)c(F)c1. The highest BCUT2D eigenvalue weighted by Crippen LogP contribution is 2.21. The Kier molecular flexibility index (Phi) is 3.24. The molecule has 0 unspecified atom stereocenters. The Morgan fingerprint density at radius 1 is 1.28 bits per heavy atom. The first-order valence-corrected chi connectivity index (χ1v) is 6.88. The number of nitrogens with zero attached hydrogens (tertiary/aromatic N) is 2. The van der Waals surface area contributed by atoms with Crippen molar-refractivity contribution < 1.29 is 12.8 Å². The summed E-state index contributed by atoms with van der Waals surface area (Å²) < 4.78 is 36.2. The highest BCUT2D eigenvalue weighted by atomic mass is 32.2. The fourth-order valence-electron chi connectivity index (χ4n) is 1.33. The zero-order chi connectivity index (χ0) is 13.2. The highest BCUT2D eigenvalue weighted by Gasteiger charge is 2.11. The molecule has 1 heterocycles. The molecule has 2 aromatic rings. The molecular weight excluding hydrogens is 257 g/mol. The summed E-state index contributed by atoms with van der Waals surface area (Å²) >= 11 is 0. The molecule has 0 atom stereocenters. The molecule has 0 saturated heterocycles. The third kappa shape index (κ3) is 2.80. The van der Waals surface area contributed by atoms with E-state index in [1.165, 1.54) is 24.7 Å². The number of halogens is 1. The molecule has 0 amide bonds. The van der Waals surface area contributed by atoms with Gasteiger partial charge in [-0.3, -0.25) is 0 Å². The van der Waals surface area contributed by atoms with Gasteiger partial charge in [-0.25, -0.2) is 22.8 Å². The molecule has 18 heavy (non-hydrogen) atoms. The lowest BCUT2D eigenvalue weighted by Crippen LogP contribution is -2.01. The van der Waals surface area contributed by atoms with E-state index in [1.807, 2.05) is 0 Å². The lowest BCUT2D eigenvalue weighted by Gasteiger charge is -2.07. The third-order valence-corrected chi connectivity index (χ3v) is 3.32. The van der Waals surface area contributed by atoms with Crippen molar-refractivity contribution in [3.05, 3.63) is 42.6 Å². The van der Waals surface area contributed by atoms with E-state index in [9.17, 15) is 12.8 Å². The molecule has 7 heteroatoms. The molecule has 94 valence electrons. The van der Waals surface area contributed by atoms with Gasteiger partial charge >= 0.3 is 0 Å². The van der Waals surface area contributed by atoms with Crippen LogP contribution in [0.3, 0.4) is 0 Å². The van der Waals surface area contributed by atoms with E-state index in [0.29, 0.717) is 5.82 Å². The van der Waals surface area contributed by atoms with Crippen molar-refractivity contribution in [3.8, 4) is 0 Å². The predicted octanol–water partition coefficient (Wildman–Crippen LogP) is 1.76. The second-order valence-corrected chi connectivity index (χ2v) is 5.65. The first-order valence-electron chi connectivity index (χ1n) is 4.99. The Morgan fingerprint density at radius 3 is 2.61 bits per heavy atom. The molecule has 1 aromatic carbocycles. The molecule has 0 radical (unpaired) electrons. The third-order valence-electron chi connectivity index (χ3n) is 2.21. The van der Waals surface area contributed by atoms with Crippen LogP contribution in [0.1, 0.15) is 0 Å². The number of hydrogen-bond acceptors (Lipinski definition) is 5. The maximum absolute atomic E-state index is 13.7. The van der Waals surface area contributed by atoms with Crippen molar-refractivity contribution in [1.82, 2.24) is 9.97 Å². The van der Waals surface area contributed by atoms with Gasteiger partial charge in [0.05, 0.1) is 10.6 Å². The van der Waals surface area contributed by atoms with Gasteiger partial charge in [0, 0.05) is 12.5 Å². The topological polar surface area (TPSA) is 72.0 Å². The van der Waals surface area contributed by atoms with Crippen LogP contribution < -0.4 is 5.32 Å². The molecular formula is C11H10FN3O2S. The summed E-state index contributed by atoms with van der Waals surface area (Å²) in [7, 11) is -3.41. The monoisotopic (exact) mass is 267 g/mol. The predicted molar refractivity (Wildman–Crippen MR) is 64.8 cm³/mol. The minimum absolute atomic E-state index is 0.0618. The van der Waals surface area contributed by atoms with Crippen LogP contribution >= 0.6 is 0 Å². The minimum Gasteiger partial charge on any atom is -0.338 e. The quantitative estimate of drug-likeness (QED) is 0.917. The molecule has 0 aliphatic rings. The fraction of sp³-hybridized carbons (Fsp3) is 0.0909. The molecule has 1 aromatic heterocycles. The number of sulfone groups is 1. The van der Waals surface area contributed by atoms with Gasteiger partial charge in [0.2, 0.25) is 0 Å². The zero-order valence-corrected chi connectivity index (χ0v) is 10.3. The average Bonchev–Trinajstić information content (AvgIpc) is 2.32. The van der Waals surface area contributed by atoms with Gasteiger partial charge in [0.1, 0.15) is 18.0 Å². The van der Waals surface area contributed by atoms with Crippen molar-refractivity contribution in [2.24, 2.45) is 0 Å². The number of anilines is 2. The molecule has 5 nitrogen and oxygen atoms in total. The van der Waals surface area contributed by atoms with Gasteiger partial charge < -0.3 is 5.32 Å². The van der Waals surface area contributed by atoms with E-state index in [0.717, 1.165) is 12.3 Å². The Morgan fingerprint density at radius 2 is 2.06 bits per heavy atom. The fourth-order valence-corrected chi connectivity index (χ4v) is 1.96. The standard InChI is InChI=1S/C11H10FN3O2S/c1-18(16,17)8-2-3-10(9(12)6-8)15-11-4-5-13-7-14-11/h2-7H,1H3,(H,13,14,15). The van der Waals surface area contributed by atoms with Crippen LogP contribution in [0.5, 0.6) is 0 Å². The van der Waals surface area contributed by atoms with Gasteiger partial charge in [0.15, 0.2) is 9.84 Å². The molecule has 1 N–H and O–H groups in total. The normalized spacial score (nSPS) is 11.2. The first-order chi connectivity index (χ1) is 8.47. The molecule has 0 aliphatic heterocycles. The average molecular weight is 267 g/mol. The van der Waals surface area contributed by atoms with Crippen LogP contribution in [0.25, 0.3) is 0 Å². The summed E-state index contributed by atoms with van der Waals surface area (Å²) in [5.41, 5.74) is 0.154. The molecule has 0 saturated carbocycles. The maximum Gasteiger partial charge on any atom is 0.175 e. The van der Waals surface area contributed by atoms with E-state index in [1.54, 1.807) is 6.07 Å². The molecule has 0 fully saturated rings. The summed E-state index contributed by atoms with van der Waals surface area (Å²) in [4.78, 5) is 7.55. The van der Waals surface area contributed by atoms with E-state index in [2.05, 4.69) is 15.3 Å². The van der Waals surface area contributed by atoms with E-state index in [-0.39, 0.29) is 10.6 Å². The van der Waals surface area contributed by atoms with E-state index < -0.39 is 15.7 Å². The van der Waals surface area contributed by atoms with Crippen molar-refractivity contribution >= 4 is 21.3 Å². The number of hydrogen-bond donors (Lipinski definition) is 1. The van der Waals surface area contributed by atoms with Crippen LogP contribution in [0, 0.1) is 5.82 Å². The smallest absolute Gasteiger partial charge is 0.175 e. The van der Waals surface area contributed by atoms with Crippen LogP contribution in [-0.4, -0.2) is 24.6 Å². The van der Waals surface area contributed by atoms with Crippen LogP contribution in [0.4, 0.5) is 15.9 Å². The Balaban J connectivity index is 2.32. The van der Waals surface area contributed by atoms with Crippen LogP contribution in [0.2, 0.25) is 0 Å². The summed E-state index contributed by atoms with van der Waals surface area (Å²) in [5, 5.41) is 2.73. The minimum atomic E-state index is -3.41. The maximum atomic E-state index is 13.7. The Labute approximate surface area is 104 Å². The summed E-state index contributed by atoms with van der Waals surface area (Å²) in [6.45, 7) is 0. The summed E-state index contributed by atoms with van der Waals surface area (Å²) in [6, 6.07) is 5.23. The first kappa shape index (κ1) is 12.4. The largest absolute Gasteiger partial charge is 0.338 e. The molecule has 2 rings (SSSR count). The van der Waals surface area contributed by atoms with Gasteiger partial charge in [-0.15, -0.1) is 0 Å². The zero-order valence-electron chi connectivity index (χ0n) is 9.46. The summed E-state index contributed by atoms with van der Waals surface area (Å²) in [6.07, 6.45) is 3.86. The lowest BCUT2D eigenvalue weighted by molar-refractivity contribution is 0.596. The summed E-state index contributed by atoms with van der Waals surface area (Å²) in [5.74, 6) is -0.229. The van der Waals surface area contributed by atoms with E-state index >= 15 is 0 Å². The second kappa shape index (κ2) is 4.69. The molecule has 0 spiro atoms. The van der Waals surface area contributed by atoms with Gasteiger partial charge in [-0.2, -0.15) is 0 Å². The highest BCUT2D eigenvalue weighted by molar-refractivity contribution is 7.90. The number of benzene rings is 1. The Hall–Kier alpha value is -2.02. The molecule has 0 aliphatic carbocycles.